The number of halogens is 1. The van der Waals surface area contributed by atoms with Crippen LogP contribution in [0, 0.1) is 0 Å². The highest BCUT2D eigenvalue weighted by Crippen LogP contribution is 2.31. The molecule has 4 rings (SSSR count). The molecule has 0 atom stereocenters. The Kier molecular flexibility index (Phi) is 6.54. The van der Waals surface area contributed by atoms with Crippen molar-refractivity contribution in [3.63, 3.8) is 0 Å². The molecule has 3 aromatic rings. The number of sulfonamides is 1. The third-order valence-electron chi connectivity index (χ3n) is 5.63. The molecule has 2 heterocycles. The van der Waals surface area contributed by atoms with Crippen molar-refractivity contribution in [3.8, 4) is 11.1 Å². The van der Waals surface area contributed by atoms with Crippen LogP contribution in [-0.4, -0.2) is 60.9 Å². The summed E-state index contributed by atoms with van der Waals surface area (Å²) in [5, 5.41) is 8.29. The summed E-state index contributed by atoms with van der Waals surface area (Å²) in [6.45, 7) is 1.22. The van der Waals surface area contributed by atoms with E-state index < -0.39 is 15.9 Å². The summed E-state index contributed by atoms with van der Waals surface area (Å²) in [5.41, 5.74) is 7.81. The van der Waals surface area contributed by atoms with E-state index in [4.69, 9.17) is 5.73 Å². The van der Waals surface area contributed by atoms with Crippen LogP contribution in [-0.2, 0) is 16.6 Å². The second-order valence-electron chi connectivity index (χ2n) is 7.76. The molecule has 11 heteroatoms. The van der Waals surface area contributed by atoms with Crippen LogP contribution >= 0.6 is 0 Å². The van der Waals surface area contributed by atoms with Gasteiger partial charge >= 0.3 is 0 Å². The Hall–Kier alpha value is -3.15. The minimum atomic E-state index is -3.67. The van der Waals surface area contributed by atoms with Crippen LogP contribution in [0.2, 0.25) is 0 Å². The van der Waals surface area contributed by atoms with Gasteiger partial charge in [-0.15, -0.1) is 5.10 Å². The van der Waals surface area contributed by atoms with Crippen molar-refractivity contribution < 1.29 is 17.6 Å². The third kappa shape index (κ3) is 4.65. The fourth-order valence-corrected chi connectivity index (χ4v) is 4.69. The summed E-state index contributed by atoms with van der Waals surface area (Å²) in [6, 6.07) is 9.70. The largest absolute Gasteiger partial charge is 0.339 e. The van der Waals surface area contributed by atoms with Crippen molar-refractivity contribution in [1.29, 1.82) is 0 Å². The number of carbonyl (C=O) groups excluding carboxylic acids is 1. The lowest BCUT2D eigenvalue weighted by atomic mass is 10.0. The standard InChI is InChI=1S/C22H25FN6O3S/c1-25-33(31,32)18-6-4-5-15(11-18)19-12-16(22(30)28-9-2-3-10-28)13-20-21(19)26-27-29(20)14-17(23)7-8-24/h4-7,11-13,25H,2-3,8-10,14,24H2,1H3/b17-7-. The number of allylic oxidation sites excluding steroid dienone is 1. The average Bonchev–Trinajstić information content (AvgIpc) is 3.49. The van der Waals surface area contributed by atoms with Crippen molar-refractivity contribution in [2.45, 2.75) is 24.3 Å². The fraction of sp³-hybridized carbons (Fsp3) is 0.318. The zero-order valence-corrected chi connectivity index (χ0v) is 19.0. The van der Waals surface area contributed by atoms with Gasteiger partial charge in [0.05, 0.1) is 17.0 Å². The first-order valence-electron chi connectivity index (χ1n) is 10.6. The molecule has 1 aliphatic rings. The van der Waals surface area contributed by atoms with Crippen LogP contribution < -0.4 is 10.5 Å². The summed E-state index contributed by atoms with van der Waals surface area (Å²) in [7, 11) is -2.34. The van der Waals surface area contributed by atoms with E-state index in [9.17, 15) is 17.6 Å². The third-order valence-corrected chi connectivity index (χ3v) is 7.04. The van der Waals surface area contributed by atoms with E-state index in [1.165, 1.54) is 29.9 Å². The van der Waals surface area contributed by atoms with Crippen LogP contribution in [0.25, 0.3) is 22.2 Å². The molecule has 0 bridgehead atoms. The summed E-state index contributed by atoms with van der Waals surface area (Å²) < 4.78 is 42.5. The molecule has 1 aliphatic heterocycles. The molecule has 33 heavy (non-hydrogen) atoms. The van der Waals surface area contributed by atoms with E-state index in [-0.39, 0.29) is 23.9 Å². The highest BCUT2D eigenvalue weighted by Gasteiger charge is 2.23. The van der Waals surface area contributed by atoms with Crippen molar-refractivity contribution in [2.24, 2.45) is 5.73 Å². The molecule has 0 spiro atoms. The summed E-state index contributed by atoms with van der Waals surface area (Å²) in [6.07, 6.45) is 3.14. The number of nitrogens with two attached hydrogens (primary N) is 1. The Morgan fingerprint density at radius 2 is 2.00 bits per heavy atom. The Morgan fingerprint density at radius 3 is 2.70 bits per heavy atom. The van der Waals surface area contributed by atoms with E-state index in [0.717, 1.165) is 12.8 Å². The monoisotopic (exact) mass is 472 g/mol. The molecule has 174 valence electrons. The number of nitrogens with zero attached hydrogens (tertiary/aromatic N) is 4. The van der Waals surface area contributed by atoms with Crippen LogP contribution in [0.5, 0.6) is 0 Å². The Bertz CT molecular complexity index is 1330. The normalized spacial score (nSPS) is 14.9. The number of amides is 1. The molecule has 3 N–H and O–H groups in total. The molecule has 0 radical (unpaired) electrons. The number of carbonyl (C=O) groups is 1. The van der Waals surface area contributed by atoms with Crippen molar-refractivity contribution >= 4 is 27.0 Å². The fourth-order valence-electron chi connectivity index (χ4n) is 3.92. The predicted molar refractivity (Wildman–Crippen MR) is 123 cm³/mol. The molecule has 1 aromatic heterocycles. The van der Waals surface area contributed by atoms with Gasteiger partial charge in [0, 0.05) is 30.8 Å². The minimum absolute atomic E-state index is 0.0507. The van der Waals surface area contributed by atoms with E-state index in [1.807, 2.05) is 0 Å². The van der Waals surface area contributed by atoms with E-state index in [1.54, 1.807) is 29.2 Å². The van der Waals surface area contributed by atoms with Gasteiger partial charge in [0.1, 0.15) is 11.3 Å². The van der Waals surface area contributed by atoms with Gasteiger partial charge in [-0.1, -0.05) is 17.3 Å². The number of hydrogen-bond donors (Lipinski definition) is 2. The maximum Gasteiger partial charge on any atom is 0.253 e. The quantitative estimate of drug-likeness (QED) is 0.543. The van der Waals surface area contributed by atoms with Gasteiger partial charge in [-0.05, 0) is 55.8 Å². The van der Waals surface area contributed by atoms with Crippen LogP contribution in [0.4, 0.5) is 4.39 Å². The Morgan fingerprint density at radius 1 is 1.24 bits per heavy atom. The second-order valence-corrected chi connectivity index (χ2v) is 9.65. The molecule has 0 unspecified atom stereocenters. The topological polar surface area (TPSA) is 123 Å². The van der Waals surface area contributed by atoms with Crippen LogP contribution in [0.3, 0.4) is 0 Å². The summed E-state index contributed by atoms with van der Waals surface area (Å²) in [5.74, 6) is -0.607. The lowest BCUT2D eigenvalue weighted by Crippen LogP contribution is -2.27. The number of fused-ring (bicyclic) bond motifs is 1. The molecule has 9 nitrogen and oxygen atoms in total. The molecular weight excluding hydrogens is 447 g/mol. The number of aromatic nitrogens is 3. The average molecular weight is 473 g/mol. The molecule has 0 saturated carbocycles. The predicted octanol–water partition coefficient (Wildman–Crippen LogP) is 2.05. The first-order chi connectivity index (χ1) is 15.8. The Labute approximate surface area is 191 Å². The van der Waals surface area contributed by atoms with Crippen molar-refractivity contribution in [1.82, 2.24) is 24.6 Å². The lowest BCUT2D eigenvalue weighted by Gasteiger charge is -2.16. The highest BCUT2D eigenvalue weighted by atomic mass is 32.2. The van der Waals surface area contributed by atoms with E-state index in [0.29, 0.717) is 40.8 Å². The first-order valence-corrected chi connectivity index (χ1v) is 12.1. The maximum absolute atomic E-state index is 14.2. The van der Waals surface area contributed by atoms with Gasteiger partial charge in [0.25, 0.3) is 5.91 Å². The van der Waals surface area contributed by atoms with Crippen molar-refractivity contribution in [2.75, 3.05) is 26.7 Å². The van der Waals surface area contributed by atoms with Crippen LogP contribution in [0.15, 0.2) is 53.2 Å². The molecule has 1 saturated heterocycles. The maximum atomic E-state index is 14.2. The molecular formula is C22H25FN6O3S. The van der Waals surface area contributed by atoms with Gasteiger partial charge in [0.15, 0.2) is 0 Å². The van der Waals surface area contributed by atoms with E-state index in [2.05, 4.69) is 15.0 Å². The number of rotatable bonds is 7. The van der Waals surface area contributed by atoms with Gasteiger partial charge in [-0.25, -0.2) is 22.2 Å². The number of hydrogen-bond acceptors (Lipinski definition) is 6. The summed E-state index contributed by atoms with van der Waals surface area (Å²) in [4.78, 5) is 15.0. The number of likely N-dealkylation sites (tertiary alicyclic amines) is 1. The molecule has 2 aromatic carbocycles. The lowest BCUT2D eigenvalue weighted by molar-refractivity contribution is 0.0793. The van der Waals surface area contributed by atoms with Gasteiger partial charge in [0.2, 0.25) is 10.0 Å². The zero-order chi connectivity index (χ0) is 23.6. The van der Waals surface area contributed by atoms with Crippen molar-refractivity contribution in [3.05, 3.63) is 53.9 Å². The number of nitrogens with one attached hydrogen (secondary N) is 1. The summed E-state index contributed by atoms with van der Waals surface area (Å²) >= 11 is 0. The SMILES string of the molecule is CNS(=O)(=O)c1cccc(-c2cc(C(=O)N3CCCC3)cc3c2nnn3C/C(F)=C/CN)c1. The second kappa shape index (κ2) is 9.38. The minimum Gasteiger partial charge on any atom is -0.339 e. The highest BCUT2D eigenvalue weighted by molar-refractivity contribution is 7.89. The van der Waals surface area contributed by atoms with Crippen LogP contribution in [0.1, 0.15) is 23.2 Å². The van der Waals surface area contributed by atoms with Gasteiger partial charge in [-0.3, -0.25) is 4.79 Å². The van der Waals surface area contributed by atoms with E-state index >= 15 is 0 Å². The zero-order valence-electron chi connectivity index (χ0n) is 18.2. The van der Waals surface area contributed by atoms with Gasteiger partial charge < -0.3 is 10.6 Å². The smallest absolute Gasteiger partial charge is 0.253 e. The molecule has 1 amide bonds. The van der Waals surface area contributed by atoms with Gasteiger partial charge in [-0.2, -0.15) is 0 Å². The number of benzene rings is 2. The molecule has 0 aliphatic carbocycles. The first kappa shape index (κ1) is 23.0. The Balaban J connectivity index is 1.89. The molecule has 1 fully saturated rings.